The second-order valence-electron chi connectivity index (χ2n) is 6.39. The van der Waals surface area contributed by atoms with E-state index in [9.17, 15) is 0 Å². The highest BCUT2D eigenvalue weighted by Gasteiger charge is 2.13. The predicted molar refractivity (Wildman–Crippen MR) is 82.2 cm³/mol. The number of benzene rings is 1. The van der Waals surface area contributed by atoms with Gasteiger partial charge in [0.15, 0.2) is 0 Å². The molecule has 1 aliphatic carbocycles. The highest BCUT2D eigenvalue weighted by atomic mass is 14.2. The van der Waals surface area contributed by atoms with Crippen LogP contribution in [0.2, 0.25) is 0 Å². The molecular formula is C18H30. The van der Waals surface area contributed by atoms with E-state index in [-0.39, 0.29) is 0 Å². The molecule has 0 aliphatic heterocycles. The quantitative estimate of drug-likeness (QED) is 0.546. The Balaban J connectivity index is 0.000000184. The van der Waals surface area contributed by atoms with Crippen molar-refractivity contribution in [3.05, 3.63) is 34.4 Å². The van der Waals surface area contributed by atoms with E-state index in [1.807, 2.05) is 0 Å². The van der Waals surface area contributed by atoms with Gasteiger partial charge in [0.05, 0.1) is 0 Å². The Hall–Kier alpha value is -0.780. The summed E-state index contributed by atoms with van der Waals surface area (Å²) in [4.78, 5) is 0. The minimum atomic E-state index is 1.02. The molecule has 0 nitrogen and oxygen atoms in total. The lowest BCUT2D eigenvalue weighted by Gasteiger charge is -2.22. The van der Waals surface area contributed by atoms with E-state index in [1.165, 1.54) is 47.9 Å². The summed E-state index contributed by atoms with van der Waals surface area (Å²) in [6, 6.07) is 4.45. The predicted octanol–water partition coefficient (Wildman–Crippen LogP) is 5.75. The van der Waals surface area contributed by atoms with Gasteiger partial charge in [-0.2, -0.15) is 0 Å². The van der Waals surface area contributed by atoms with Gasteiger partial charge in [0, 0.05) is 0 Å². The Bertz CT molecular complexity index is 335. The Kier molecular flexibility index (Phi) is 5.91. The second-order valence-corrected chi connectivity index (χ2v) is 6.39. The molecule has 0 heterocycles. The molecule has 0 heteroatoms. The summed E-state index contributed by atoms with van der Waals surface area (Å²) in [6.07, 6.45) is 5.89. The van der Waals surface area contributed by atoms with Crippen molar-refractivity contribution in [1.82, 2.24) is 0 Å². The molecule has 1 aliphatic rings. The molecule has 0 radical (unpaired) electrons. The molecule has 2 rings (SSSR count). The van der Waals surface area contributed by atoms with Crippen molar-refractivity contribution in [2.24, 2.45) is 11.8 Å². The maximum absolute atomic E-state index is 2.37. The van der Waals surface area contributed by atoms with Crippen LogP contribution in [0.1, 0.15) is 61.8 Å². The van der Waals surface area contributed by atoms with Crippen LogP contribution < -0.4 is 0 Å². The lowest BCUT2D eigenvalue weighted by atomic mass is 9.84. The van der Waals surface area contributed by atoms with Gasteiger partial charge in [-0.15, -0.1) is 0 Å². The van der Waals surface area contributed by atoms with Crippen LogP contribution in [0.15, 0.2) is 12.1 Å². The first-order chi connectivity index (χ1) is 8.40. The summed E-state index contributed by atoms with van der Waals surface area (Å²) in [7, 11) is 0. The van der Waals surface area contributed by atoms with Crippen molar-refractivity contribution < 1.29 is 0 Å². The van der Waals surface area contributed by atoms with E-state index in [0.717, 1.165) is 11.8 Å². The fraction of sp³-hybridized carbons (Fsp3) is 0.667. The molecule has 0 aromatic heterocycles. The Labute approximate surface area is 114 Å². The van der Waals surface area contributed by atoms with Crippen molar-refractivity contribution in [2.45, 2.75) is 67.2 Å². The maximum atomic E-state index is 2.37. The summed E-state index contributed by atoms with van der Waals surface area (Å²) in [5.74, 6) is 2.04. The monoisotopic (exact) mass is 246 g/mol. The van der Waals surface area contributed by atoms with E-state index in [0.29, 0.717) is 0 Å². The third-order valence-electron chi connectivity index (χ3n) is 4.38. The molecular weight excluding hydrogens is 216 g/mol. The van der Waals surface area contributed by atoms with Crippen molar-refractivity contribution >= 4 is 0 Å². The third kappa shape index (κ3) is 4.84. The van der Waals surface area contributed by atoms with E-state index >= 15 is 0 Å². The van der Waals surface area contributed by atoms with Gasteiger partial charge >= 0.3 is 0 Å². The van der Waals surface area contributed by atoms with Crippen LogP contribution in [0.5, 0.6) is 0 Å². The van der Waals surface area contributed by atoms with Crippen molar-refractivity contribution in [3.8, 4) is 0 Å². The zero-order valence-corrected chi connectivity index (χ0v) is 13.1. The fourth-order valence-electron chi connectivity index (χ4n) is 2.68. The molecule has 102 valence electrons. The number of rotatable bonds is 0. The topological polar surface area (TPSA) is 0 Å². The lowest BCUT2D eigenvalue weighted by Crippen LogP contribution is -2.08. The van der Waals surface area contributed by atoms with Crippen molar-refractivity contribution in [1.29, 1.82) is 0 Å². The standard InChI is InChI=1S/C10H14.C8H16/c1-7-5-8(2)10(4)9(3)6-7;1-7-3-5-8(2)6-4-7/h5-6H,1-4H3;7-8H,3-6H2,1-2H3. The number of hydrogen-bond donors (Lipinski definition) is 0. The van der Waals surface area contributed by atoms with Crippen LogP contribution in [0.25, 0.3) is 0 Å². The summed E-state index contributed by atoms with van der Waals surface area (Å²) in [5, 5.41) is 0. The van der Waals surface area contributed by atoms with Crippen LogP contribution in [0, 0.1) is 39.5 Å². The van der Waals surface area contributed by atoms with Gasteiger partial charge in [0.1, 0.15) is 0 Å². The average molecular weight is 246 g/mol. The largest absolute Gasteiger partial charge is 0.0625 e. The molecule has 0 amide bonds. The minimum absolute atomic E-state index is 1.02. The summed E-state index contributed by atoms with van der Waals surface area (Å²) in [6.45, 7) is 13.4. The zero-order chi connectivity index (χ0) is 13.7. The maximum Gasteiger partial charge on any atom is -0.0392 e. The highest BCUT2D eigenvalue weighted by Crippen LogP contribution is 2.27. The highest BCUT2D eigenvalue weighted by molar-refractivity contribution is 5.35. The van der Waals surface area contributed by atoms with E-state index in [2.05, 4.69) is 53.7 Å². The van der Waals surface area contributed by atoms with Gasteiger partial charge < -0.3 is 0 Å². The van der Waals surface area contributed by atoms with Crippen LogP contribution in [-0.2, 0) is 0 Å². The van der Waals surface area contributed by atoms with Gasteiger partial charge in [-0.1, -0.05) is 57.2 Å². The van der Waals surface area contributed by atoms with Gasteiger partial charge in [0.2, 0.25) is 0 Å². The fourth-order valence-corrected chi connectivity index (χ4v) is 2.68. The molecule has 0 spiro atoms. The molecule has 0 N–H and O–H groups in total. The van der Waals surface area contributed by atoms with Crippen LogP contribution in [0.3, 0.4) is 0 Å². The summed E-state index contributed by atoms with van der Waals surface area (Å²) in [5.41, 5.74) is 5.58. The number of hydrogen-bond acceptors (Lipinski definition) is 0. The molecule has 1 aromatic rings. The Morgan fingerprint density at radius 2 is 1.06 bits per heavy atom. The Morgan fingerprint density at radius 1 is 0.722 bits per heavy atom. The van der Waals surface area contributed by atoms with Crippen LogP contribution in [0.4, 0.5) is 0 Å². The zero-order valence-electron chi connectivity index (χ0n) is 13.1. The molecule has 0 atom stereocenters. The van der Waals surface area contributed by atoms with Gasteiger partial charge in [-0.05, 0) is 56.2 Å². The summed E-state index contributed by atoms with van der Waals surface area (Å²) < 4.78 is 0. The van der Waals surface area contributed by atoms with Crippen LogP contribution in [-0.4, -0.2) is 0 Å². The average Bonchev–Trinajstić information content (AvgIpc) is 2.31. The molecule has 0 saturated heterocycles. The van der Waals surface area contributed by atoms with Gasteiger partial charge in [0.25, 0.3) is 0 Å². The molecule has 1 fully saturated rings. The third-order valence-corrected chi connectivity index (χ3v) is 4.38. The van der Waals surface area contributed by atoms with E-state index in [4.69, 9.17) is 0 Å². The summed E-state index contributed by atoms with van der Waals surface area (Å²) >= 11 is 0. The molecule has 0 unspecified atom stereocenters. The Morgan fingerprint density at radius 3 is 1.39 bits per heavy atom. The van der Waals surface area contributed by atoms with Gasteiger partial charge in [-0.25, -0.2) is 0 Å². The normalized spacial score (nSPS) is 23.2. The first-order valence-electron chi connectivity index (χ1n) is 7.44. The first kappa shape index (κ1) is 15.3. The van der Waals surface area contributed by atoms with Crippen molar-refractivity contribution in [2.75, 3.05) is 0 Å². The lowest BCUT2D eigenvalue weighted by molar-refractivity contribution is 0.308. The van der Waals surface area contributed by atoms with E-state index in [1.54, 1.807) is 0 Å². The molecule has 1 saturated carbocycles. The first-order valence-corrected chi connectivity index (χ1v) is 7.44. The SMILES string of the molecule is CC1CCC(C)CC1.Cc1cc(C)c(C)c(C)c1. The molecule has 1 aromatic carbocycles. The molecule has 18 heavy (non-hydrogen) atoms. The minimum Gasteiger partial charge on any atom is -0.0625 e. The van der Waals surface area contributed by atoms with Gasteiger partial charge in [-0.3, -0.25) is 0 Å². The number of aryl methyl sites for hydroxylation is 3. The molecule has 0 bridgehead atoms. The van der Waals surface area contributed by atoms with E-state index < -0.39 is 0 Å². The second kappa shape index (κ2) is 6.97. The van der Waals surface area contributed by atoms with Crippen LogP contribution >= 0.6 is 0 Å². The van der Waals surface area contributed by atoms with Crippen molar-refractivity contribution in [3.63, 3.8) is 0 Å². The smallest absolute Gasteiger partial charge is 0.0392 e.